The lowest BCUT2D eigenvalue weighted by Crippen LogP contribution is -2.28. The zero-order chi connectivity index (χ0) is 16.1. The molecule has 120 valence electrons. The molecular formula is C18H20ClN3O. The summed E-state index contributed by atoms with van der Waals surface area (Å²) in [5.41, 5.74) is 2.89. The molecule has 2 aromatic carbocycles. The van der Waals surface area contributed by atoms with Crippen LogP contribution in [-0.2, 0) is 6.54 Å². The van der Waals surface area contributed by atoms with Gasteiger partial charge in [0.25, 0.3) is 0 Å². The number of carbonyl (C=O) groups is 1. The van der Waals surface area contributed by atoms with Gasteiger partial charge in [-0.1, -0.05) is 29.8 Å². The highest BCUT2D eigenvalue weighted by atomic mass is 35.5. The van der Waals surface area contributed by atoms with Crippen LogP contribution in [-0.4, -0.2) is 19.1 Å². The maximum atomic E-state index is 12.0. The van der Waals surface area contributed by atoms with Crippen molar-refractivity contribution in [1.82, 2.24) is 5.32 Å². The molecule has 0 atom stereocenters. The van der Waals surface area contributed by atoms with Crippen LogP contribution < -0.4 is 15.5 Å². The lowest BCUT2D eigenvalue weighted by molar-refractivity contribution is 0.251. The highest BCUT2D eigenvalue weighted by Gasteiger charge is 2.12. The van der Waals surface area contributed by atoms with Gasteiger partial charge >= 0.3 is 6.03 Å². The van der Waals surface area contributed by atoms with E-state index < -0.39 is 0 Å². The second kappa shape index (κ2) is 7.38. The van der Waals surface area contributed by atoms with Crippen molar-refractivity contribution in [3.05, 3.63) is 59.1 Å². The summed E-state index contributed by atoms with van der Waals surface area (Å²) in [6, 6.07) is 15.2. The predicted molar refractivity (Wildman–Crippen MR) is 95.2 cm³/mol. The zero-order valence-corrected chi connectivity index (χ0v) is 13.6. The summed E-state index contributed by atoms with van der Waals surface area (Å²) in [5.74, 6) is 0. The number of nitrogens with one attached hydrogen (secondary N) is 2. The molecule has 2 N–H and O–H groups in total. The van der Waals surface area contributed by atoms with E-state index in [-0.39, 0.29) is 6.03 Å². The van der Waals surface area contributed by atoms with Gasteiger partial charge in [-0.05, 0) is 48.7 Å². The molecule has 4 nitrogen and oxygen atoms in total. The minimum Gasteiger partial charge on any atom is -0.372 e. The smallest absolute Gasteiger partial charge is 0.319 e. The SMILES string of the molecule is O=C(NCc1ccccc1Cl)Nc1ccc(N2CCCC2)cc1. The Hall–Kier alpha value is -2.20. The van der Waals surface area contributed by atoms with E-state index in [0.29, 0.717) is 11.6 Å². The van der Waals surface area contributed by atoms with Gasteiger partial charge in [0.1, 0.15) is 0 Å². The van der Waals surface area contributed by atoms with Gasteiger partial charge in [-0.25, -0.2) is 4.79 Å². The molecule has 0 unspecified atom stereocenters. The molecule has 1 heterocycles. The van der Waals surface area contributed by atoms with Gasteiger partial charge in [0.2, 0.25) is 0 Å². The molecule has 3 rings (SSSR count). The van der Waals surface area contributed by atoms with Gasteiger partial charge in [0, 0.05) is 36.0 Å². The number of carbonyl (C=O) groups excluding carboxylic acids is 1. The van der Waals surface area contributed by atoms with Gasteiger partial charge in [-0.15, -0.1) is 0 Å². The van der Waals surface area contributed by atoms with E-state index in [4.69, 9.17) is 11.6 Å². The monoisotopic (exact) mass is 329 g/mol. The fourth-order valence-corrected chi connectivity index (χ4v) is 2.93. The van der Waals surface area contributed by atoms with E-state index in [1.807, 2.05) is 36.4 Å². The molecule has 0 saturated carbocycles. The Morgan fingerprint density at radius 3 is 2.43 bits per heavy atom. The van der Waals surface area contributed by atoms with Crippen LogP contribution in [0.3, 0.4) is 0 Å². The number of rotatable bonds is 4. The van der Waals surface area contributed by atoms with Gasteiger partial charge in [0.05, 0.1) is 0 Å². The summed E-state index contributed by atoms with van der Waals surface area (Å²) >= 11 is 6.07. The summed E-state index contributed by atoms with van der Waals surface area (Å²) in [5, 5.41) is 6.31. The van der Waals surface area contributed by atoms with Crippen molar-refractivity contribution in [2.75, 3.05) is 23.3 Å². The van der Waals surface area contributed by atoms with Crippen LogP contribution in [0.15, 0.2) is 48.5 Å². The van der Waals surface area contributed by atoms with E-state index in [1.54, 1.807) is 0 Å². The van der Waals surface area contributed by atoms with Crippen LogP contribution in [0.25, 0.3) is 0 Å². The van der Waals surface area contributed by atoms with Gasteiger partial charge in [-0.3, -0.25) is 0 Å². The Morgan fingerprint density at radius 1 is 1.04 bits per heavy atom. The van der Waals surface area contributed by atoms with Crippen molar-refractivity contribution in [1.29, 1.82) is 0 Å². The van der Waals surface area contributed by atoms with E-state index in [1.165, 1.54) is 18.5 Å². The molecule has 0 radical (unpaired) electrons. The Labute approximate surface area is 141 Å². The van der Waals surface area contributed by atoms with Crippen molar-refractivity contribution in [2.24, 2.45) is 0 Å². The van der Waals surface area contributed by atoms with Crippen LogP contribution in [0.5, 0.6) is 0 Å². The molecule has 2 aromatic rings. The second-order valence-corrected chi connectivity index (χ2v) is 6.05. The summed E-state index contributed by atoms with van der Waals surface area (Å²) in [6.45, 7) is 2.63. The predicted octanol–water partition coefficient (Wildman–Crippen LogP) is 4.26. The molecule has 1 saturated heterocycles. The molecule has 0 aromatic heterocycles. The fourth-order valence-electron chi connectivity index (χ4n) is 2.72. The normalized spacial score (nSPS) is 13.9. The van der Waals surface area contributed by atoms with Crippen molar-refractivity contribution < 1.29 is 4.79 Å². The van der Waals surface area contributed by atoms with Gasteiger partial charge < -0.3 is 15.5 Å². The van der Waals surface area contributed by atoms with Crippen molar-refractivity contribution in [3.63, 3.8) is 0 Å². The Morgan fingerprint density at radius 2 is 1.74 bits per heavy atom. The number of halogens is 1. The van der Waals surface area contributed by atoms with Crippen LogP contribution in [0.1, 0.15) is 18.4 Å². The number of nitrogens with zero attached hydrogens (tertiary/aromatic N) is 1. The van der Waals surface area contributed by atoms with Crippen LogP contribution in [0.4, 0.5) is 16.2 Å². The Bertz CT molecular complexity index is 666. The molecule has 0 spiro atoms. The van der Waals surface area contributed by atoms with Crippen LogP contribution in [0, 0.1) is 0 Å². The summed E-state index contributed by atoms with van der Waals surface area (Å²) < 4.78 is 0. The fraction of sp³-hybridized carbons (Fsp3) is 0.278. The first-order valence-corrected chi connectivity index (χ1v) is 8.23. The number of hydrogen-bond donors (Lipinski definition) is 2. The quantitative estimate of drug-likeness (QED) is 0.880. The molecule has 2 amide bonds. The van der Waals surface area contributed by atoms with E-state index in [9.17, 15) is 4.79 Å². The Kier molecular flexibility index (Phi) is 5.03. The molecule has 5 heteroatoms. The first kappa shape index (κ1) is 15.7. The van der Waals surface area contributed by atoms with E-state index in [0.717, 1.165) is 24.3 Å². The third-order valence-electron chi connectivity index (χ3n) is 3.99. The standard InChI is InChI=1S/C18H20ClN3O/c19-17-6-2-1-5-14(17)13-20-18(23)21-15-7-9-16(10-8-15)22-11-3-4-12-22/h1-2,5-10H,3-4,11-13H2,(H2,20,21,23). The van der Waals surface area contributed by atoms with Crippen LogP contribution in [0.2, 0.25) is 5.02 Å². The largest absolute Gasteiger partial charge is 0.372 e. The number of hydrogen-bond acceptors (Lipinski definition) is 2. The molecule has 23 heavy (non-hydrogen) atoms. The maximum absolute atomic E-state index is 12.0. The van der Waals surface area contributed by atoms with Gasteiger partial charge in [0.15, 0.2) is 0 Å². The Balaban J connectivity index is 1.52. The number of urea groups is 1. The zero-order valence-electron chi connectivity index (χ0n) is 12.9. The minimum atomic E-state index is -0.237. The molecule has 1 fully saturated rings. The molecule has 0 bridgehead atoms. The summed E-state index contributed by atoms with van der Waals surface area (Å²) in [7, 11) is 0. The maximum Gasteiger partial charge on any atom is 0.319 e. The molecule has 1 aliphatic heterocycles. The third-order valence-corrected chi connectivity index (χ3v) is 4.36. The first-order valence-electron chi connectivity index (χ1n) is 7.85. The van der Waals surface area contributed by atoms with Crippen molar-refractivity contribution >= 4 is 29.0 Å². The first-order chi connectivity index (χ1) is 11.2. The topological polar surface area (TPSA) is 44.4 Å². The number of anilines is 2. The molecular weight excluding hydrogens is 310 g/mol. The number of amides is 2. The van der Waals surface area contributed by atoms with Crippen LogP contribution >= 0.6 is 11.6 Å². The van der Waals surface area contributed by atoms with E-state index >= 15 is 0 Å². The average molecular weight is 330 g/mol. The van der Waals surface area contributed by atoms with Crippen molar-refractivity contribution in [2.45, 2.75) is 19.4 Å². The lowest BCUT2D eigenvalue weighted by Gasteiger charge is -2.17. The highest BCUT2D eigenvalue weighted by molar-refractivity contribution is 6.31. The van der Waals surface area contributed by atoms with Crippen molar-refractivity contribution in [3.8, 4) is 0 Å². The van der Waals surface area contributed by atoms with Gasteiger partial charge in [-0.2, -0.15) is 0 Å². The minimum absolute atomic E-state index is 0.237. The molecule has 0 aliphatic carbocycles. The average Bonchev–Trinajstić information content (AvgIpc) is 3.09. The number of benzene rings is 2. The lowest BCUT2D eigenvalue weighted by atomic mass is 10.2. The van der Waals surface area contributed by atoms with E-state index in [2.05, 4.69) is 27.7 Å². The third kappa shape index (κ3) is 4.17. The summed E-state index contributed by atoms with van der Waals surface area (Å²) in [6.07, 6.45) is 2.51. The second-order valence-electron chi connectivity index (χ2n) is 5.64. The highest BCUT2D eigenvalue weighted by Crippen LogP contribution is 2.22. The summed E-state index contributed by atoms with van der Waals surface area (Å²) in [4.78, 5) is 14.3. The molecule has 1 aliphatic rings.